The van der Waals surface area contributed by atoms with E-state index >= 15 is 0 Å². The van der Waals surface area contributed by atoms with Crippen molar-refractivity contribution in [3.63, 3.8) is 0 Å². The summed E-state index contributed by atoms with van der Waals surface area (Å²) in [5.74, 6) is 5.72. The lowest BCUT2D eigenvalue weighted by atomic mass is 9.89. The van der Waals surface area contributed by atoms with Crippen LogP contribution >= 0.6 is 0 Å². The van der Waals surface area contributed by atoms with Gasteiger partial charge in [-0.15, -0.1) is 0 Å². The molecule has 1 aromatic rings. The van der Waals surface area contributed by atoms with E-state index in [1.165, 1.54) is 0 Å². The highest BCUT2D eigenvalue weighted by atomic mass is 16.5. The molecule has 1 saturated carbocycles. The first-order chi connectivity index (χ1) is 9.72. The molecule has 2 rings (SSSR count). The minimum atomic E-state index is -0.0561. The molecule has 4 heteroatoms. The smallest absolute Gasteiger partial charge is 0.251 e. The Kier molecular flexibility index (Phi) is 5.16. The molecule has 0 radical (unpaired) electrons. The van der Waals surface area contributed by atoms with E-state index in [1.807, 2.05) is 12.1 Å². The number of amides is 1. The quantitative estimate of drug-likeness (QED) is 0.814. The molecule has 0 aromatic heterocycles. The van der Waals surface area contributed by atoms with Crippen molar-refractivity contribution in [2.24, 2.45) is 0 Å². The van der Waals surface area contributed by atoms with Crippen LogP contribution < -0.4 is 5.32 Å². The van der Waals surface area contributed by atoms with Crippen LogP contribution in [0, 0.1) is 11.8 Å². The molecule has 0 bridgehead atoms. The van der Waals surface area contributed by atoms with Crippen molar-refractivity contribution in [3.8, 4) is 11.8 Å². The van der Waals surface area contributed by atoms with E-state index in [2.05, 4.69) is 17.2 Å². The number of nitrogens with one attached hydrogen (secondary N) is 1. The Morgan fingerprint density at radius 3 is 2.70 bits per heavy atom. The first-order valence-electron chi connectivity index (χ1n) is 6.76. The normalized spacial score (nSPS) is 20.5. The molecule has 106 valence electrons. The average Bonchev–Trinajstić information content (AvgIpc) is 2.43. The molecule has 0 heterocycles. The van der Waals surface area contributed by atoms with Crippen LogP contribution in [-0.4, -0.2) is 36.9 Å². The van der Waals surface area contributed by atoms with Crippen molar-refractivity contribution in [2.75, 3.05) is 13.7 Å². The van der Waals surface area contributed by atoms with Gasteiger partial charge in [-0.1, -0.05) is 11.8 Å². The minimum absolute atomic E-state index is 0.0561. The molecule has 1 amide bonds. The van der Waals surface area contributed by atoms with E-state index in [4.69, 9.17) is 9.84 Å². The summed E-state index contributed by atoms with van der Waals surface area (Å²) in [6.07, 6.45) is 2.51. The first-order valence-corrected chi connectivity index (χ1v) is 6.76. The van der Waals surface area contributed by atoms with Crippen LogP contribution in [0.5, 0.6) is 0 Å². The summed E-state index contributed by atoms with van der Waals surface area (Å²) in [6.45, 7) is 0.0668. The molecule has 0 spiro atoms. The van der Waals surface area contributed by atoms with Crippen molar-refractivity contribution in [1.82, 2.24) is 5.32 Å². The predicted octanol–water partition coefficient (Wildman–Crippen LogP) is 1.33. The first kappa shape index (κ1) is 14.6. The molecule has 20 heavy (non-hydrogen) atoms. The van der Waals surface area contributed by atoms with Crippen LogP contribution in [0.3, 0.4) is 0 Å². The largest absolute Gasteiger partial charge is 0.395 e. The van der Waals surface area contributed by atoms with Gasteiger partial charge in [0.2, 0.25) is 0 Å². The monoisotopic (exact) mass is 273 g/mol. The lowest BCUT2D eigenvalue weighted by Crippen LogP contribution is -2.47. The van der Waals surface area contributed by atoms with Crippen molar-refractivity contribution >= 4 is 5.91 Å². The van der Waals surface area contributed by atoms with E-state index in [0.717, 1.165) is 18.4 Å². The lowest BCUT2D eigenvalue weighted by Gasteiger charge is -2.34. The average molecular weight is 273 g/mol. The third-order valence-electron chi connectivity index (χ3n) is 3.38. The van der Waals surface area contributed by atoms with Crippen molar-refractivity contribution in [2.45, 2.75) is 31.4 Å². The molecule has 1 aromatic carbocycles. The van der Waals surface area contributed by atoms with Crippen LogP contribution in [0.15, 0.2) is 24.3 Å². The molecule has 0 atom stereocenters. The van der Waals surface area contributed by atoms with Gasteiger partial charge in [0.15, 0.2) is 0 Å². The van der Waals surface area contributed by atoms with Gasteiger partial charge in [0, 0.05) is 30.7 Å². The molecule has 1 fully saturated rings. The summed E-state index contributed by atoms with van der Waals surface area (Å²) in [5.41, 5.74) is 1.48. The predicted molar refractivity (Wildman–Crippen MR) is 76.3 cm³/mol. The number of hydrogen-bond donors (Lipinski definition) is 2. The van der Waals surface area contributed by atoms with Gasteiger partial charge >= 0.3 is 0 Å². The highest BCUT2D eigenvalue weighted by Gasteiger charge is 2.30. The molecule has 0 aliphatic heterocycles. The van der Waals surface area contributed by atoms with Gasteiger partial charge in [-0.25, -0.2) is 0 Å². The van der Waals surface area contributed by atoms with Gasteiger partial charge in [0.25, 0.3) is 5.91 Å². The second-order valence-electron chi connectivity index (χ2n) is 4.85. The third-order valence-corrected chi connectivity index (χ3v) is 3.38. The summed E-state index contributed by atoms with van der Waals surface area (Å²) in [6, 6.07) is 7.39. The molecular formula is C16H19NO3. The Labute approximate surface area is 119 Å². The zero-order valence-electron chi connectivity index (χ0n) is 11.6. The second-order valence-corrected chi connectivity index (χ2v) is 4.85. The number of aliphatic hydroxyl groups excluding tert-OH is 1. The number of carbonyl (C=O) groups excluding carboxylic acids is 1. The minimum Gasteiger partial charge on any atom is -0.395 e. The van der Waals surface area contributed by atoms with Gasteiger partial charge in [0.05, 0.1) is 12.7 Å². The van der Waals surface area contributed by atoms with Crippen LogP contribution in [0.2, 0.25) is 0 Å². The van der Waals surface area contributed by atoms with E-state index < -0.39 is 0 Å². The van der Waals surface area contributed by atoms with Gasteiger partial charge in [0.1, 0.15) is 0 Å². The van der Waals surface area contributed by atoms with Gasteiger partial charge < -0.3 is 15.2 Å². The van der Waals surface area contributed by atoms with Crippen molar-refractivity contribution < 1.29 is 14.6 Å². The SMILES string of the molecule is COC1CC(NC(=O)c2ccc(C#CCCO)cc2)C1. The number of ether oxygens (including phenoxy) is 1. The molecule has 1 aliphatic rings. The number of methoxy groups -OCH3 is 1. The number of rotatable bonds is 4. The Balaban J connectivity index is 1.87. The summed E-state index contributed by atoms with van der Waals surface area (Å²) < 4.78 is 5.18. The summed E-state index contributed by atoms with van der Waals surface area (Å²) in [4.78, 5) is 12.0. The fraction of sp³-hybridized carbons (Fsp3) is 0.438. The standard InChI is InChI=1S/C16H19NO3/c1-20-15-10-14(11-15)17-16(19)13-7-5-12(6-8-13)4-2-3-9-18/h5-8,14-15,18H,3,9-11H2,1H3,(H,17,19). The maximum atomic E-state index is 12.0. The van der Waals surface area contributed by atoms with Crippen LogP contribution in [0.25, 0.3) is 0 Å². The maximum absolute atomic E-state index is 12.0. The number of aliphatic hydroxyl groups is 1. The number of hydrogen-bond acceptors (Lipinski definition) is 3. The molecular weight excluding hydrogens is 254 g/mol. The van der Waals surface area contributed by atoms with Crippen LogP contribution in [0.4, 0.5) is 0 Å². The Morgan fingerprint density at radius 1 is 1.40 bits per heavy atom. The lowest BCUT2D eigenvalue weighted by molar-refractivity contribution is 0.0176. The fourth-order valence-electron chi connectivity index (χ4n) is 2.07. The Bertz CT molecular complexity index is 507. The summed E-state index contributed by atoms with van der Waals surface area (Å²) >= 11 is 0. The number of benzene rings is 1. The topological polar surface area (TPSA) is 58.6 Å². The van der Waals surface area contributed by atoms with E-state index in [-0.39, 0.29) is 24.7 Å². The molecule has 2 N–H and O–H groups in total. The highest BCUT2D eigenvalue weighted by molar-refractivity contribution is 5.94. The Morgan fingerprint density at radius 2 is 2.10 bits per heavy atom. The van der Waals surface area contributed by atoms with Crippen molar-refractivity contribution in [1.29, 1.82) is 0 Å². The molecule has 1 aliphatic carbocycles. The third kappa shape index (κ3) is 3.83. The highest BCUT2D eigenvalue weighted by Crippen LogP contribution is 2.22. The van der Waals surface area contributed by atoms with E-state index in [1.54, 1.807) is 19.2 Å². The zero-order chi connectivity index (χ0) is 14.4. The second kappa shape index (κ2) is 7.09. The summed E-state index contributed by atoms with van der Waals surface area (Å²) in [7, 11) is 1.69. The van der Waals surface area contributed by atoms with Crippen LogP contribution in [0.1, 0.15) is 35.2 Å². The Hall–Kier alpha value is -1.83. The van der Waals surface area contributed by atoms with Crippen molar-refractivity contribution in [3.05, 3.63) is 35.4 Å². The van der Waals surface area contributed by atoms with Gasteiger partial charge in [-0.05, 0) is 37.1 Å². The van der Waals surface area contributed by atoms with E-state index in [0.29, 0.717) is 12.0 Å². The molecule has 0 saturated heterocycles. The zero-order valence-corrected chi connectivity index (χ0v) is 11.6. The molecule has 4 nitrogen and oxygen atoms in total. The van der Waals surface area contributed by atoms with Gasteiger partial charge in [-0.3, -0.25) is 4.79 Å². The van der Waals surface area contributed by atoms with Crippen LogP contribution in [-0.2, 0) is 4.74 Å². The number of carbonyl (C=O) groups is 1. The van der Waals surface area contributed by atoms with E-state index in [9.17, 15) is 4.79 Å². The molecule has 0 unspecified atom stereocenters. The fourth-order valence-corrected chi connectivity index (χ4v) is 2.07. The summed E-state index contributed by atoms with van der Waals surface area (Å²) in [5, 5.41) is 11.6. The maximum Gasteiger partial charge on any atom is 0.251 e. The van der Waals surface area contributed by atoms with Gasteiger partial charge in [-0.2, -0.15) is 0 Å².